The number of rotatable bonds is 4. The number of hydrogen-bond donors (Lipinski definition) is 2. The second kappa shape index (κ2) is 5.31. The minimum atomic E-state index is 0.234. The summed E-state index contributed by atoms with van der Waals surface area (Å²) in [5.41, 5.74) is 7.60. The fraction of sp³-hybridized carbons (Fsp3) is 0.286. The van der Waals surface area contributed by atoms with E-state index < -0.39 is 0 Å². The van der Waals surface area contributed by atoms with Crippen molar-refractivity contribution in [3.8, 4) is 5.75 Å². The maximum absolute atomic E-state index is 6.04. The summed E-state index contributed by atoms with van der Waals surface area (Å²) in [6.07, 6.45) is 0. The van der Waals surface area contributed by atoms with Gasteiger partial charge in [0.1, 0.15) is 5.75 Å². The maximum atomic E-state index is 6.04. The smallest absolute Gasteiger partial charge is 0.143 e. The Balaban J connectivity index is 2.19. The van der Waals surface area contributed by atoms with Gasteiger partial charge in [0.05, 0.1) is 24.5 Å². The van der Waals surface area contributed by atoms with Gasteiger partial charge in [-0.05, 0) is 38.1 Å². The first kappa shape index (κ1) is 12.8. The Morgan fingerprint density at radius 2 is 2.06 bits per heavy atom. The molecule has 2 rings (SSSR count). The first-order valence-corrected chi connectivity index (χ1v) is 6.69. The third-order valence-corrected chi connectivity index (χ3v) is 4.03. The molecular weight excluding hydrogens is 244 g/mol. The highest BCUT2D eigenvalue weighted by atomic mass is 32.1. The molecule has 1 unspecified atom stereocenters. The van der Waals surface area contributed by atoms with Gasteiger partial charge in [-0.15, -0.1) is 11.3 Å². The summed E-state index contributed by atoms with van der Waals surface area (Å²) in [4.78, 5) is 2.62. The van der Waals surface area contributed by atoms with Crippen LogP contribution in [0.4, 0.5) is 11.4 Å². The number of anilines is 2. The molecule has 0 bridgehead atoms. The van der Waals surface area contributed by atoms with Crippen LogP contribution in [0.3, 0.4) is 0 Å². The fourth-order valence-electron chi connectivity index (χ4n) is 1.84. The van der Waals surface area contributed by atoms with E-state index >= 15 is 0 Å². The van der Waals surface area contributed by atoms with Crippen molar-refractivity contribution in [2.75, 3.05) is 18.2 Å². The van der Waals surface area contributed by atoms with E-state index in [1.54, 1.807) is 18.4 Å². The van der Waals surface area contributed by atoms with Crippen molar-refractivity contribution in [2.45, 2.75) is 19.9 Å². The van der Waals surface area contributed by atoms with E-state index in [2.05, 4.69) is 31.3 Å². The molecule has 1 heterocycles. The van der Waals surface area contributed by atoms with Gasteiger partial charge in [-0.25, -0.2) is 0 Å². The van der Waals surface area contributed by atoms with Gasteiger partial charge in [-0.1, -0.05) is 6.07 Å². The SMILES string of the molecule is COc1cccc(NC(C)c2ccc(C)s2)c1N. The largest absolute Gasteiger partial charge is 0.495 e. The van der Waals surface area contributed by atoms with Gasteiger partial charge in [0.25, 0.3) is 0 Å². The summed E-state index contributed by atoms with van der Waals surface area (Å²) in [6.45, 7) is 4.24. The summed E-state index contributed by atoms with van der Waals surface area (Å²) in [5.74, 6) is 0.703. The van der Waals surface area contributed by atoms with Gasteiger partial charge < -0.3 is 15.8 Å². The quantitative estimate of drug-likeness (QED) is 0.823. The Hall–Kier alpha value is -1.68. The second-order valence-corrected chi connectivity index (χ2v) is 5.56. The first-order valence-electron chi connectivity index (χ1n) is 5.87. The van der Waals surface area contributed by atoms with Crippen LogP contribution < -0.4 is 15.8 Å². The molecule has 4 heteroatoms. The van der Waals surface area contributed by atoms with Crippen molar-refractivity contribution in [3.63, 3.8) is 0 Å². The topological polar surface area (TPSA) is 47.3 Å². The number of methoxy groups -OCH3 is 1. The third-order valence-electron chi connectivity index (χ3n) is 2.85. The lowest BCUT2D eigenvalue weighted by Crippen LogP contribution is -2.07. The zero-order valence-corrected chi connectivity index (χ0v) is 11.7. The van der Waals surface area contributed by atoms with E-state index in [1.807, 2.05) is 18.2 Å². The van der Waals surface area contributed by atoms with Crippen molar-refractivity contribution in [1.82, 2.24) is 0 Å². The monoisotopic (exact) mass is 262 g/mol. The van der Waals surface area contributed by atoms with Crippen LogP contribution in [-0.4, -0.2) is 7.11 Å². The van der Waals surface area contributed by atoms with Crippen LogP contribution in [0, 0.1) is 6.92 Å². The molecule has 18 heavy (non-hydrogen) atoms. The molecule has 2 aromatic rings. The van der Waals surface area contributed by atoms with E-state index in [0.29, 0.717) is 11.4 Å². The van der Waals surface area contributed by atoms with E-state index in [-0.39, 0.29) is 6.04 Å². The molecule has 1 atom stereocenters. The minimum absolute atomic E-state index is 0.234. The van der Waals surface area contributed by atoms with Crippen LogP contribution in [0.25, 0.3) is 0 Å². The molecular formula is C14H18N2OS. The van der Waals surface area contributed by atoms with Crippen LogP contribution in [0.15, 0.2) is 30.3 Å². The molecule has 0 amide bonds. The number of hydrogen-bond acceptors (Lipinski definition) is 4. The van der Waals surface area contributed by atoms with Gasteiger partial charge >= 0.3 is 0 Å². The van der Waals surface area contributed by atoms with Crippen molar-refractivity contribution >= 4 is 22.7 Å². The molecule has 1 aromatic heterocycles. The normalized spacial score (nSPS) is 12.2. The molecule has 0 saturated carbocycles. The van der Waals surface area contributed by atoms with Crippen LogP contribution in [0.2, 0.25) is 0 Å². The average molecular weight is 262 g/mol. The molecule has 0 aliphatic heterocycles. The average Bonchev–Trinajstić information content (AvgIpc) is 2.78. The van der Waals surface area contributed by atoms with E-state index in [4.69, 9.17) is 10.5 Å². The maximum Gasteiger partial charge on any atom is 0.143 e. The summed E-state index contributed by atoms with van der Waals surface area (Å²) in [7, 11) is 1.63. The molecule has 3 N–H and O–H groups in total. The van der Waals surface area contributed by atoms with Crippen LogP contribution in [0.1, 0.15) is 22.7 Å². The molecule has 0 fully saturated rings. The zero-order chi connectivity index (χ0) is 13.1. The van der Waals surface area contributed by atoms with Crippen LogP contribution in [0.5, 0.6) is 5.75 Å². The molecule has 0 aliphatic carbocycles. The minimum Gasteiger partial charge on any atom is -0.495 e. The van der Waals surface area contributed by atoms with Gasteiger partial charge in [0.15, 0.2) is 0 Å². The van der Waals surface area contributed by atoms with Crippen molar-refractivity contribution < 1.29 is 4.74 Å². The molecule has 96 valence electrons. The number of para-hydroxylation sites is 1. The van der Waals surface area contributed by atoms with Gasteiger partial charge in [0, 0.05) is 9.75 Å². The summed E-state index contributed by atoms with van der Waals surface area (Å²) in [6, 6.07) is 10.3. The lowest BCUT2D eigenvalue weighted by Gasteiger charge is -2.17. The Bertz CT molecular complexity index is 536. The second-order valence-electron chi connectivity index (χ2n) is 4.24. The number of thiophene rings is 1. The predicted octanol–water partition coefficient (Wildman–Crippen LogP) is 3.82. The number of ether oxygens (including phenoxy) is 1. The summed E-state index contributed by atoms with van der Waals surface area (Å²) in [5, 5.41) is 3.42. The van der Waals surface area contributed by atoms with E-state index in [9.17, 15) is 0 Å². The van der Waals surface area contributed by atoms with E-state index in [0.717, 1.165) is 5.69 Å². The van der Waals surface area contributed by atoms with Gasteiger partial charge in [-0.2, -0.15) is 0 Å². The Morgan fingerprint density at radius 3 is 2.67 bits per heavy atom. The standard InChI is InChI=1S/C14H18N2OS/c1-9-7-8-13(18-9)10(2)16-11-5-4-6-12(17-3)14(11)15/h4-8,10,16H,15H2,1-3H3. The highest BCUT2D eigenvalue weighted by molar-refractivity contribution is 7.12. The summed E-state index contributed by atoms with van der Waals surface area (Å²) >= 11 is 1.80. The van der Waals surface area contributed by atoms with Gasteiger partial charge in [0.2, 0.25) is 0 Å². The Kier molecular flexibility index (Phi) is 3.77. The first-order chi connectivity index (χ1) is 8.61. The molecule has 0 aliphatic rings. The lowest BCUT2D eigenvalue weighted by atomic mass is 10.2. The number of benzene rings is 1. The van der Waals surface area contributed by atoms with Crippen molar-refractivity contribution in [3.05, 3.63) is 40.1 Å². The molecule has 0 radical (unpaired) electrons. The number of aryl methyl sites for hydroxylation is 1. The van der Waals surface area contributed by atoms with Crippen molar-refractivity contribution in [2.24, 2.45) is 0 Å². The zero-order valence-electron chi connectivity index (χ0n) is 10.9. The van der Waals surface area contributed by atoms with E-state index in [1.165, 1.54) is 9.75 Å². The predicted molar refractivity (Wildman–Crippen MR) is 78.5 cm³/mol. The molecule has 3 nitrogen and oxygen atoms in total. The highest BCUT2D eigenvalue weighted by Gasteiger charge is 2.11. The van der Waals surface area contributed by atoms with Crippen molar-refractivity contribution in [1.29, 1.82) is 0 Å². The van der Waals surface area contributed by atoms with Crippen LogP contribution >= 0.6 is 11.3 Å². The van der Waals surface area contributed by atoms with Crippen LogP contribution in [-0.2, 0) is 0 Å². The molecule has 1 aromatic carbocycles. The lowest BCUT2D eigenvalue weighted by molar-refractivity contribution is 0.417. The number of nitrogen functional groups attached to an aromatic ring is 1. The number of nitrogens with one attached hydrogen (secondary N) is 1. The highest BCUT2D eigenvalue weighted by Crippen LogP contribution is 2.32. The number of nitrogens with two attached hydrogens (primary N) is 1. The fourth-order valence-corrected chi connectivity index (χ4v) is 2.72. The third kappa shape index (κ3) is 2.59. The summed E-state index contributed by atoms with van der Waals surface area (Å²) < 4.78 is 5.21. The molecule has 0 spiro atoms. The Labute approximate surface area is 112 Å². The van der Waals surface area contributed by atoms with Gasteiger partial charge in [-0.3, -0.25) is 0 Å². The molecule has 0 saturated heterocycles. The Morgan fingerprint density at radius 1 is 1.28 bits per heavy atom.